The van der Waals surface area contributed by atoms with E-state index in [0.717, 1.165) is 19.3 Å². The standard InChI is InChI=1S/C14H24N2O3/c1-9(13(19-2)10-7-8-10)15-14(18)11-5-3-4-6-12(17)16-11/h9-11,13H,3-8H2,1-2H3,(H,15,18)(H,16,17)/t9-,11-,13-/m0/s1. The molecule has 1 saturated heterocycles. The molecule has 2 aliphatic rings. The van der Waals surface area contributed by atoms with E-state index in [9.17, 15) is 9.59 Å². The Kier molecular flexibility index (Phi) is 4.80. The van der Waals surface area contributed by atoms with Crippen LogP contribution in [0.15, 0.2) is 0 Å². The second-order valence-corrected chi connectivity index (χ2v) is 5.70. The molecule has 3 atom stereocenters. The Bertz CT molecular complexity index is 342. The summed E-state index contributed by atoms with van der Waals surface area (Å²) in [7, 11) is 1.69. The third-order valence-electron chi connectivity index (χ3n) is 4.02. The molecule has 108 valence electrons. The van der Waals surface area contributed by atoms with Crippen LogP contribution in [0.3, 0.4) is 0 Å². The summed E-state index contributed by atoms with van der Waals surface area (Å²) in [6.45, 7) is 1.98. The molecule has 1 aliphatic heterocycles. The fraction of sp³-hybridized carbons (Fsp3) is 0.857. The maximum atomic E-state index is 12.2. The van der Waals surface area contributed by atoms with Crippen LogP contribution in [0.5, 0.6) is 0 Å². The predicted octanol–water partition coefficient (Wildman–Crippen LogP) is 0.975. The lowest BCUT2D eigenvalue weighted by Gasteiger charge is -2.25. The molecule has 2 rings (SSSR count). The highest BCUT2D eigenvalue weighted by molar-refractivity contribution is 5.88. The first-order valence-electron chi connectivity index (χ1n) is 7.24. The molecule has 2 amide bonds. The van der Waals surface area contributed by atoms with Gasteiger partial charge in [0.25, 0.3) is 0 Å². The van der Waals surface area contributed by atoms with Crippen LogP contribution in [-0.4, -0.2) is 37.1 Å². The van der Waals surface area contributed by atoms with Gasteiger partial charge >= 0.3 is 0 Å². The van der Waals surface area contributed by atoms with Gasteiger partial charge in [-0.3, -0.25) is 9.59 Å². The number of hydrogen-bond donors (Lipinski definition) is 2. The van der Waals surface area contributed by atoms with Gasteiger partial charge in [-0.1, -0.05) is 6.42 Å². The summed E-state index contributed by atoms with van der Waals surface area (Å²) in [6, 6.07) is -0.390. The van der Waals surface area contributed by atoms with E-state index in [1.807, 2.05) is 6.92 Å². The molecule has 0 aromatic carbocycles. The summed E-state index contributed by atoms with van der Waals surface area (Å²) in [5.41, 5.74) is 0. The highest BCUT2D eigenvalue weighted by atomic mass is 16.5. The van der Waals surface area contributed by atoms with Crippen molar-refractivity contribution in [3.63, 3.8) is 0 Å². The minimum atomic E-state index is -0.380. The number of amides is 2. The van der Waals surface area contributed by atoms with Gasteiger partial charge < -0.3 is 15.4 Å². The zero-order valence-corrected chi connectivity index (χ0v) is 11.8. The van der Waals surface area contributed by atoms with Crippen LogP contribution in [0, 0.1) is 5.92 Å². The lowest BCUT2D eigenvalue weighted by Crippen LogP contribution is -2.51. The zero-order valence-electron chi connectivity index (χ0n) is 11.8. The molecule has 0 spiro atoms. The van der Waals surface area contributed by atoms with E-state index in [1.54, 1.807) is 7.11 Å². The van der Waals surface area contributed by atoms with Crippen molar-refractivity contribution in [1.29, 1.82) is 0 Å². The largest absolute Gasteiger partial charge is 0.379 e. The van der Waals surface area contributed by atoms with Gasteiger partial charge in [-0.25, -0.2) is 0 Å². The number of ether oxygens (including phenoxy) is 1. The van der Waals surface area contributed by atoms with Crippen molar-refractivity contribution in [2.75, 3.05) is 7.11 Å². The van der Waals surface area contributed by atoms with Crippen molar-refractivity contribution >= 4 is 11.8 Å². The van der Waals surface area contributed by atoms with E-state index in [1.165, 1.54) is 12.8 Å². The van der Waals surface area contributed by atoms with E-state index in [2.05, 4.69) is 10.6 Å². The molecule has 1 aliphatic carbocycles. The first-order valence-corrected chi connectivity index (χ1v) is 7.24. The van der Waals surface area contributed by atoms with E-state index in [0.29, 0.717) is 12.3 Å². The molecule has 19 heavy (non-hydrogen) atoms. The molecular weight excluding hydrogens is 244 g/mol. The third kappa shape index (κ3) is 3.93. The van der Waals surface area contributed by atoms with Gasteiger partial charge in [-0.2, -0.15) is 0 Å². The van der Waals surface area contributed by atoms with Crippen LogP contribution < -0.4 is 10.6 Å². The highest BCUT2D eigenvalue weighted by Gasteiger charge is 2.36. The average molecular weight is 268 g/mol. The van der Waals surface area contributed by atoms with Gasteiger partial charge in [0.1, 0.15) is 6.04 Å². The molecule has 0 aromatic heterocycles. The van der Waals surface area contributed by atoms with E-state index in [-0.39, 0.29) is 30.0 Å². The Hall–Kier alpha value is -1.10. The van der Waals surface area contributed by atoms with Gasteiger partial charge in [0.2, 0.25) is 11.8 Å². The Morgan fingerprint density at radius 1 is 1.37 bits per heavy atom. The zero-order chi connectivity index (χ0) is 13.8. The normalized spacial score (nSPS) is 27.1. The molecule has 1 saturated carbocycles. The maximum absolute atomic E-state index is 12.2. The van der Waals surface area contributed by atoms with Crippen LogP contribution in [-0.2, 0) is 14.3 Å². The molecule has 0 bridgehead atoms. The summed E-state index contributed by atoms with van der Waals surface area (Å²) in [6.07, 6.45) is 5.49. The average Bonchev–Trinajstić information content (AvgIpc) is 3.18. The second-order valence-electron chi connectivity index (χ2n) is 5.70. The number of carbonyl (C=O) groups excluding carboxylic acids is 2. The summed E-state index contributed by atoms with van der Waals surface area (Å²) < 4.78 is 5.47. The molecule has 2 fully saturated rings. The Morgan fingerprint density at radius 2 is 2.11 bits per heavy atom. The van der Waals surface area contributed by atoms with Crippen molar-refractivity contribution < 1.29 is 14.3 Å². The fourth-order valence-electron chi connectivity index (χ4n) is 2.81. The van der Waals surface area contributed by atoms with Crippen molar-refractivity contribution in [1.82, 2.24) is 10.6 Å². The van der Waals surface area contributed by atoms with Crippen LogP contribution >= 0.6 is 0 Å². The minimum Gasteiger partial charge on any atom is -0.379 e. The topological polar surface area (TPSA) is 67.4 Å². The van der Waals surface area contributed by atoms with E-state index in [4.69, 9.17) is 4.74 Å². The van der Waals surface area contributed by atoms with Crippen LogP contribution in [0.4, 0.5) is 0 Å². The molecule has 5 nitrogen and oxygen atoms in total. The summed E-state index contributed by atoms with van der Waals surface area (Å²) >= 11 is 0. The van der Waals surface area contributed by atoms with Gasteiger partial charge in [-0.15, -0.1) is 0 Å². The van der Waals surface area contributed by atoms with Crippen molar-refractivity contribution in [2.24, 2.45) is 5.92 Å². The SMILES string of the molecule is CO[C@H](C1CC1)[C@H](C)NC(=O)[C@@H]1CCCCC(=O)N1. The Balaban J connectivity index is 1.86. The van der Waals surface area contributed by atoms with Crippen molar-refractivity contribution in [3.8, 4) is 0 Å². The molecule has 2 N–H and O–H groups in total. The fourth-order valence-corrected chi connectivity index (χ4v) is 2.81. The van der Waals surface area contributed by atoms with Gasteiger partial charge in [-0.05, 0) is 38.5 Å². The summed E-state index contributed by atoms with van der Waals surface area (Å²) in [5, 5.41) is 5.79. The van der Waals surface area contributed by atoms with E-state index < -0.39 is 0 Å². The van der Waals surface area contributed by atoms with Crippen molar-refractivity contribution in [2.45, 2.75) is 63.6 Å². The van der Waals surface area contributed by atoms with Crippen LogP contribution in [0.2, 0.25) is 0 Å². The number of hydrogen-bond acceptors (Lipinski definition) is 3. The number of rotatable bonds is 5. The van der Waals surface area contributed by atoms with E-state index >= 15 is 0 Å². The molecule has 1 heterocycles. The highest BCUT2D eigenvalue weighted by Crippen LogP contribution is 2.35. The monoisotopic (exact) mass is 268 g/mol. The van der Waals surface area contributed by atoms with Crippen LogP contribution in [0.25, 0.3) is 0 Å². The molecular formula is C14H24N2O3. The van der Waals surface area contributed by atoms with Crippen molar-refractivity contribution in [3.05, 3.63) is 0 Å². The number of methoxy groups -OCH3 is 1. The summed E-state index contributed by atoms with van der Waals surface area (Å²) in [5.74, 6) is 0.477. The third-order valence-corrected chi connectivity index (χ3v) is 4.02. The lowest BCUT2D eigenvalue weighted by molar-refractivity contribution is -0.129. The second kappa shape index (κ2) is 6.37. The maximum Gasteiger partial charge on any atom is 0.242 e. The Labute approximate surface area is 114 Å². The van der Waals surface area contributed by atoms with Crippen LogP contribution in [0.1, 0.15) is 45.4 Å². The van der Waals surface area contributed by atoms with Gasteiger partial charge in [0.05, 0.1) is 12.1 Å². The van der Waals surface area contributed by atoms with Gasteiger partial charge in [0, 0.05) is 13.5 Å². The minimum absolute atomic E-state index is 0.00912. The Morgan fingerprint density at radius 3 is 2.74 bits per heavy atom. The smallest absolute Gasteiger partial charge is 0.242 e. The molecule has 5 heteroatoms. The summed E-state index contributed by atoms with van der Waals surface area (Å²) in [4.78, 5) is 23.7. The number of carbonyl (C=O) groups is 2. The lowest BCUT2D eigenvalue weighted by atomic mass is 10.1. The first kappa shape index (κ1) is 14.3. The first-order chi connectivity index (χ1) is 9.11. The molecule has 0 aromatic rings. The number of nitrogens with one attached hydrogen (secondary N) is 2. The molecule has 0 radical (unpaired) electrons. The van der Waals surface area contributed by atoms with Gasteiger partial charge in [0.15, 0.2) is 0 Å². The quantitative estimate of drug-likeness (QED) is 0.781. The predicted molar refractivity (Wildman–Crippen MR) is 71.5 cm³/mol. The molecule has 0 unspecified atom stereocenters.